The molecule has 0 bridgehead atoms. The lowest BCUT2D eigenvalue weighted by Gasteiger charge is -2.08. The molecule has 0 aromatic heterocycles. The third kappa shape index (κ3) is 1.61. The van der Waals surface area contributed by atoms with E-state index in [1.54, 1.807) is 13.8 Å². The van der Waals surface area contributed by atoms with Gasteiger partial charge in [-0.2, -0.15) is 0 Å². The highest BCUT2D eigenvalue weighted by atomic mass is 19.1. The van der Waals surface area contributed by atoms with E-state index < -0.39 is 17.7 Å². The first-order chi connectivity index (χ1) is 5.52. The summed E-state index contributed by atoms with van der Waals surface area (Å²) in [6, 6.07) is 1.95. The van der Waals surface area contributed by atoms with Crippen LogP contribution in [0.25, 0.3) is 0 Å². The molecular weight excluding hydrogens is 160 g/mol. The summed E-state index contributed by atoms with van der Waals surface area (Å²) in [4.78, 5) is 0. The van der Waals surface area contributed by atoms with Crippen molar-refractivity contribution >= 4 is 0 Å². The van der Waals surface area contributed by atoms with Crippen molar-refractivity contribution in [2.24, 2.45) is 5.73 Å². The number of aryl methyl sites for hydroxylation is 1. The zero-order valence-corrected chi connectivity index (χ0v) is 7.07. The highest BCUT2D eigenvalue weighted by Gasteiger charge is 2.12. The Morgan fingerprint density at radius 2 is 1.67 bits per heavy atom. The summed E-state index contributed by atoms with van der Waals surface area (Å²) in [6.45, 7) is 3.19. The lowest BCUT2D eigenvalue weighted by Crippen LogP contribution is -2.10. The molecule has 0 heterocycles. The molecule has 12 heavy (non-hydrogen) atoms. The minimum Gasteiger partial charge on any atom is -0.324 e. The maximum Gasteiger partial charge on any atom is 0.131 e. The van der Waals surface area contributed by atoms with Gasteiger partial charge in [0.2, 0.25) is 0 Å². The van der Waals surface area contributed by atoms with Crippen LogP contribution in [0.1, 0.15) is 24.1 Å². The van der Waals surface area contributed by atoms with Crippen LogP contribution in [0.2, 0.25) is 0 Å². The fourth-order valence-corrected chi connectivity index (χ4v) is 1.15. The Hall–Kier alpha value is -0.960. The molecule has 1 atom stereocenters. The summed E-state index contributed by atoms with van der Waals surface area (Å²) >= 11 is 0. The topological polar surface area (TPSA) is 26.0 Å². The summed E-state index contributed by atoms with van der Waals surface area (Å²) < 4.78 is 26.1. The Labute approximate surface area is 70.2 Å². The molecular formula is C9H11F2N. The number of halogens is 2. The largest absolute Gasteiger partial charge is 0.324 e. The van der Waals surface area contributed by atoms with Gasteiger partial charge in [0.1, 0.15) is 11.6 Å². The molecule has 0 spiro atoms. The van der Waals surface area contributed by atoms with Crippen molar-refractivity contribution in [3.63, 3.8) is 0 Å². The number of rotatable bonds is 1. The number of benzene rings is 1. The quantitative estimate of drug-likeness (QED) is 0.689. The van der Waals surface area contributed by atoms with Gasteiger partial charge in [-0.25, -0.2) is 8.78 Å². The van der Waals surface area contributed by atoms with Gasteiger partial charge < -0.3 is 5.73 Å². The molecule has 0 aliphatic rings. The smallest absolute Gasteiger partial charge is 0.131 e. The number of nitrogens with two attached hydrogens (primary N) is 1. The summed E-state index contributed by atoms with van der Waals surface area (Å²) in [7, 11) is 0. The third-order valence-electron chi connectivity index (χ3n) is 1.68. The Balaban J connectivity index is 3.28. The molecule has 0 aliphatic heterocycles. The van der Waals surface area contributed by atoms with E-state index in [4.69, 9.17) is 5.73 Å². The molecule has 66 valence electrons. The van der Waals surface area contributed by atoms with Crippen LogP contribution in [0.4, 0.5) is 8.78 Å². The van der Waals surface area contributed by atoms with Gasteiger partial charge in [0.05, 0.1) is 0 Å². The molecule has 0 saturated heterocycles. The predicted octanol–water partition coefficient (Wildman–Crippen LogP) is 2.29. The van der Waals surface area contributed by atoms with Crippen molar-refractivity contribution in [2.45, 2.75) is 19.9 Å². The zero-order chi connectivity index (χ0) is 9.30. The molecule has 0 saturated carbocycles. The summed E-state index contributed by atoms with van der Waals surface area (Å²) in [5, 5.41) is 0. The second-order valence-corrected chi connectivity index (χ2v) is 2.93. The van der Waals surface area contributed by atoms with E-state index in [9.17, 15) is 8.78 Å². The van der Waals surface area contributed by atoms with Crippen LogP contribution >= 0.6 is 0 Å². The molecule has 1 nitrogen and oxygen atoms in total. The third-order valence-corrected chi connectivity index (χ3v) is 1.68. The van der Waals surface area contributed by atoms with Crippen LogP contribution in [0, 0.1) is 18.6 Å². The highest BCUT2D eigenvalue weighted by molar-refractivity contribution is 5.27. The fourth-order valence-electron chi connectivity index (χ4n) is 1.15. The summed E-state index contributed by atoms with van der Waals surface area (Å²) in [5.74, 6) is -1.13. The van der Waals surface area contributed by atoms with Crippen molar-refractivity contribution in [2.75, 3.05) is 0 Å². The molecule has 0 fully saturated rings. The van der Waals surface area contributed by atoms with Gasteiger partial charge >= 0.3 is 0 Å². The van der Waals surface area contributed by atoms with E-state index in [1.165, 1.54) is 12.1 Å². The van der Waals surface area contributed by atoms with E-state index in [0.29, 0.717) is 5.56 Å². The minimum absolute atomic E-state index is 0.0411. The van der Waals surface area contributed by atoms with Gasteiger partial charge in [-0.3, -0.25) is 0 Å². The first-order valence-corrected chi connectivity index (χ1v) is 3.73. The van der Waals surface area contributed by atoms with Crippen molar-refractivity contribution in [3.05, 3.63) is 34.9 Å². The van der Waals surface area contributed by atoms with E-state index >= 15 is 0 Å². The maximum atomic E-state index is 13.0. The second-order valence-electron chi connectivity index (χ2n) is 2.93. The molecule has 0 aliphatic carbocycles. The Morgan fingerprint density at radius 1 is 1.25 bits per heavy atom. The van der Waals surface area contributed by atoms with E-state index in [2.05, 4.69) is 0 Å². The zero-order valence-electron chi connectivity index (χ0n) is 7.07. The van der Waals surface area contributed by atoms with Crippen LogP contribution < -0.4 is 5.73 Å². The lowest BCUT2D eigenvalue weighted by atomic mass is 10.1. The summed E-state index contributed by atoms with van der Waals surface area (Å²) in [5.41, 5.74) is 5.91. The molecule has 2 N–H and O–H groups in total. The summed E-state index contributed by atoms with van der Waals surface area (Å²) in [6.07, 6.45) is 0. The molecule has 3 heteroatoms. The van der Waals surface area contributed by atoms with Gasteiger partial charge in [-0.15, -0.1) is 0 Å². The maximum absolute atomic E-state index is 13.0. The van der Waals surface area contributed by atoms with Crippen LogP contribution in [0.5, 0.6) is 0 Å². The van der Waals surface area contributed by atoms with Crippen LogP contribution in [0.3, 0.4) is 0 Å². The lowest BCUT2D eigenvalue weighted by molar-refractivity contribution is 0.535. The fraction of sp³-hybridized carbons (Fsp3) is 0.333. The number of hydrogen-bond donors (Lipinski definition) is 1. The SMILES string of the molecule is Cc1cc(F)c([C@H](C)N)c(F)c1. The van der Waals surface area contributed by atoms with Gasteiger partial charge in [-0.05, 0) is 31.5 Å². The Bertz CT molecular complexity index is 272. The van der Waals surface area contributed by atoms with Crippen LogP contribution in [-0.2, 0) is 0 Å². The molecule has 1 aromatic rings. The first-order valence-electron chi connectivity index (χ1n) is 3.73. The highest BCUT2D eigenvalue weighted by Crippen LogP contribution is 2.19. The Kier molecular flexibility index (Phi) is 2.43. The monoisotopic (exact) mass is 171 g/mol. The van der Waals surface area contributed by atoms with Gasteiger partial charge in [0.25, 0.3) is 0 Å². The molecule has 1 rings (SSSR count). The van der Waals surface area contributed by atoms with Crippen molar-refractivity contribution in [3.8, 4) is 0 Å². The van der Waals surface area contributed by atoms with Crippen molar-refractivity contribution in [1.29, 1.82) is 0 Å². The average molecular weight is 171 g/mol. The van der Waals surface area contributed by atoms with Crippen molar-refractivity contribution < 1.29 is 8.78 Å². The Morgan fingerprint density at radius 3 is 2.00 bits per heavy atom. The molecule has 0 unspecified atom stereocenters. The van der Waals surface area contributed by atoms with Gasteiger partial charge in [-0.1, -0.05) is 0 Å². The predicted molar refractivity (Wildman–Crippen MR) is 43.7 cm³/mol. The standard InChI is InChI=1S/C9H11F2N/c1-5-3-7(10)9(6(2)12)8(11)4-5/h3-4,6H,12H2,1-2H3/t6-/m0/s1. The minimum atomic E-state index is -0.606. The van der Waals surface area contributed by atoms with E-state index in [-0.39, 0.29) is 5.56 Å². The number of hydrogen-bond acceptors (Lipinski definition) is 1. The average Bonchev–Trinajstić information content (AvgIpc) is 1.82. The van der Waals surface area contributed by atoms with Gasteiger partial charge in [0, 0.05) is 11.6 Å². The second kappa shape index (κ2) is 3.19. The van der Waals surface area contributed by atoms with Crippen LogP contribution in [0.15, 0.2) is 12.1 Å². The first kappa shape index (κ1) is 9.13. The molecule has 0 amide bonds. The normalized spacial score (nSPS) is 13.1. The molecule has 1 aromatic carbocycles. The molecule has 0 radical (unpaired) electrons. The van der Waals surface area contributed by atoms with E-state index in [0.717, 1.165) is 0 Å². The van der Waals surface area contributed by atoms with Gasteiger partial charge in [0.15, 0.2) is 0 Å². The van der Waals surface area contributed by atoms with Crippen LogP contribution in [-0.4, -0.2) is 0 Å². The van der Waals surface area contributed by atoms with E-state index in [1.807, 2.05) is 0 Å². The van der Waals surface area contributed by atoms with Crippen molar-refractivity contribution in [1.82, 2.24) is 0 Å².